The molecular formula is C32H34BrClN2O3. The van der Waals surface area contributed by atoms with Gasteiger partial charge in [-0.25, -0.2) is 0 Å². The van der Waals surface area contributed by atoms with Crippen LogP contribution in [0.5, 0.6) is 5.75 Å². The van der Waals surface area contributed by atoms with E-state index in [0.717, 1.165) is 48.4 Å². The molecule has 3 aliphatic rings. The van der Waals surface area contributed by atoms with E-state index in [-0.39, 0.29) is 41.1 Å². The van der Waals surface area contributed by atoms with Crippen LogP contribution in [0.1, 0.15) is 63.8 Å². The Hall–Kier alpha value is -2.67. The largest absolute Gasteiger partial charge is 1.00 e. The average molecular weight is 610 g/mol. The highest BCUT2D eigenvalue weighted by atomic mass is 79.9. The minimum atomic E-state index is -0.461. The number of likely N-dealkylation sites (tertiary alicyclic amines) is 1. The van der Waals surface area contributed by atoms with Gasteiger partial charge >= 0.3 is 0 Å². The molecule has 0 aromatic heterocycles. The molecule has 0 radical (unpaired) electrons. The second kappa shape index (κ2) is 11.4. The van der Waals surface area contributed by atoms with E-state index in [4.69, 9.17) is 16.3 Å². The van der Waals surface area contributed by atoms with Crippen LogP contribution in [-0.2, 0) is 17.8 Å². The lowest BCUT2D eigenvalue weighted by molar-refractivity contribution is -0.932. The monoisotopic (exact) mass is 608 g/mol. The predicted octanol–water partition coefficient (Wildman–Crippen LogP) is 2.96. The van der Waals surface area contributed by atoms with Crippen molar-refractivity contribution in [2.45, 2.75) is 44.2 Å². The summed E-state index contributed by atoms with van der Waals surface area (Å²) in [5, 5.41) is 0.567. The van der Waals surface area contributed by atoms with Crippen LogP contribution in [0, 0.1) is 0 Å². The van der Waals surface area contributed by atoms with E-state index in [2.05, 4.69) is 41.3 Å². The molecule has 5 nitrogen and oxygen atoms in total. The van der Waals surface area contributed by atoms with E-state index < -0.39 is 5.92 Å². The van der Waals surface area contributed by atoms with Gasteiger partial charge in [0.25, 0.3) is 0 Å². The zero-order valence-electron chi connectivity index (χ0n) is 22.2. The molecule has 1 saturated heterocycles. The van der Waals surface area contributed by atoms with Gasteiger partial charge in [-0.15, -0.1) is 0 Å². The number of fused-ring (bicyclic) bond motifs is 2. The minimum Gasteiger partial charge on any atom is -1.00 e. The summed E-state index contributed by atoms with van der Waals surface area (Å²) >= 11 is 6.30. The van der Waals surface area contributed by atoms with E-state index in [1.54, 1.807) is 19.2 Å². The SMILES string of the molecule is COc1ccc(C[N+]2(CC3c4ccccc4CCN3C(=O)C3CC(=O)c4ccc(Cl)cc43)CCCC2)cc1.[Br-]. The van der Waals surface area contributed by atoms with E-state index >= 15 is 0 Å². The van der Waals surface area contributed by atoms with Gasteiger partial charge in [0, 0.05) is 42.0 Å². The van der Waals surface area contributed by atoms with Gasteiger partial charge in [-0.3, -0.25) is 9.59 Å². The number of carbonyl (C=O) groups is 2. The van der Waals surface area contributed by atoms with Crippen molar-refractivity contribution in [3.63, 3.8) is 0 Å². The number of carbonyl (C=O) groups excluding carboxylic acids is 2. The number of methoxy groups -OCH3 is 1. The van der Waals surface area contributed by atoms with E-state index in [1.807, 2.05) is 18.2 Å². The highest BCUT2D eigenvalue weighted by molar-refractivity contribution is 6.31. The second-order valence-corrected chi connectivity index (χ2v) is 11.5. The Bertz CT molecular complexity index is 1370. The summed E-state index contributed by atoms with van der Waals surface area (Å²) in [5.74, 6) is 0.496. The first-order chi connectivity index (χ1) is 18.5. The number of benzene rings is 3. The van der Waals surface area contributed by atoms with Gasteiger partial charge in [-0.1, -0.05) is 35.9 Å². The van der Waals surface area contributed by atoms with Crippen LogP contribution in [0.25, 0.3) is 0 Å². The first-order valence-corrected chi connectivity index (χ1v) is 14.0. The van der Waals surface area contributed by atoms with Crippen molar-refractivity contribution in [3.05, 3.63) is 99.6 Å². The molecule has 2 atom stereocenters. The Morgan fingerprint density at radius 2 is 1.77 bits per heavy atom. The summed E-state index contributed by atoms with van der Waals surface area (Å²) in [7, 11) is 1.69. The number of halogens is 2. The summed E-state index contributed by atoms with van der Waals surface area (Å²) in [5.41, 5.74) is 5.30. The Kier molecular flexibility index (Phi) is 8.18. The topological polar surface area (TPSA) is 46.6 Å². The van der Waals surface area contributed by atoms with Crippen LogP contribution in [0.15, 0.2) is 66.7 Å². The maximum absolute atomic E-state index is 14.3. The average Bonchev–Trinajstić information content (AvgIpc) is 3.52. The van der Waals surface area contributed by atoms with Crippen molar-refractivity contribution in [2.24, 2.45) is 0 Å². The maximum Gasteiger partial charge on any atom is 0.231 e. The summed E-state index contributed by atoms with van der Waals surface area (Å²) in [4.78, 5) is 29.2. The Balaban J connectivity index is 0.00000308. The van der Waals surface area contributed by atoms with Crippen LogP contribution in [0.4, 0.5) is 0 Å². The Morgan fingerprint density at radius 1 is 1.03 bits per heavy atom. The molecule has 3 aromatic rings. The number of hydrogen-bond donors (Lipinski definition) is 0. The fourth-order valence-corrected chi connectivity index (χ4v) is 7.09. The lowest BCUT2D eigenvalue weighted by Crippen LogP contribution is -3.00. The minimum absolute atomic E-state index is 0. The summed E-state index contributed by atoms with van der Waals surface area (Å²) in [6.45, 7) is 4.69. The Morgan fingerprint density at radius 3 is 2.51 bits per heavy atom. The van der Waals surface area contributed by atoms with Gasteiger partial charge < -0.3 is 31.1 Å². The molecule has 0 N–H and O–H groups in total. The molecule has 0 spiro atoms. The number of ketones is 1. The van der Waals surface area contributed by atoms with Crippen molar-refractivity contribution in [3.8, 4) is 5.75 Å². The predicted molar refractivity (Wildman–Crippen MR) is 149 cm³/mol. The zero-order valence-corrected chi connectivity index (χ0v) is 24.6. The molecule has 6 rings (SSSR count). The van der Waals surface area contributed by atoms with Gasteiger partial charge in [-0.05, 0) is 65.6 Å². The zero-order chi connectivity index (χ0) is 26.3. The molecule has 1 fully saturated rings. The second-order valence-electron chi connectivity index (χ2n) is 11.1. The van der Waals surface area contributed by atoms with Crippen LogP contribution in [-0.4, -0.2) is 54.4 Å². The van der Waals surface area contributed by atoms with Crippen molar-refractivity contribution in [1.82, 2.24) is 4.90 Å². The number of ether oxygens (including phenoxy) is 1. The van der Waals surface area contributed by atoms with Crippen LogP contribution in [0.3, 0.4) is 0 Å². The summed E-state index contributed by atoms with van der Waals surface area (Å²) in [6.07, 6.45) is 3.45. The number of Topliss-reactive ketones (excluding diaryl/α,β-unsaturated/α-hetero) is 1. The molecule has 2 heterocycles. The number of quaternary nitrogens is 1. The highest BCUT2D eigenvalue weighted by Crippen LogP contribution is 2.41. The molecule has 204 valence electrons. The van der Waals surface area contributed by atoms with Crippen molar-refractivity contribution < 1.29 is 35.8 Å². The number of rotatable bonds is 6. The van der Waals surface area contributed by atoms with Crippen LogP contribution < -0.4 is 21.7 Å². The molecule has 0 saturated carbocycles. The summed E-state index contributed by atoms with van der Waals surface area (Å²) < 4.78 is 6.33. The molecular weight excluding hydrogens is 576 g/mol. The third-order valence-electron chi connectivity index (χ3n) is 8.82. The fraction of sp³-hybridized carbons (Fsp3) is 0.375. The highest BCUT2D eigenvalue weighted by Gasteiger charge is 2.44. The standard InChI is InChI=1S/C32H34ClN2O3.BrH/c1-38-25-11-8-22(9-12-25)20-35(16-4-5-17-35)21-30-26-7-3-2-6-23(26)14-15-34(30)32(37)29-19-31(36)27-13-10-24(33)18-28(27)29;/h2-3,6-13,18,29-30H,4-5,14-17,19-21H2,1H3;1H/q+1;/p-1. The third-order valence-corrected chi connectivity index (χ3v) is 9.06. The van der Waals surface area contributed by atoms with Gasteiger partial charge in [0.1, 0.15) is 24.9 Å². The molecule has 2 aliphatic heterocycles. The van der Waals surface area contributed by atoms with Crippen molar-refractivity contribution in [1.29, 1.82) is 0 Å². The van der Waals surface area contributed by atoms with Crippen LogP contribution >= 0.6 is 11.6 Å². The normalized spacial score (nSPS) is 21.2. The van der Waals surface area contributed by atoms with Gasteiger partial charge in [0.05, 0.1) is 26.1 Å². The summed E-state index contributed by atoms with van der Waals surface area (Å²) in [6, 6.07) is 22.3. The molecule has 1 amide bonds. The smallest absolute Gasteiger partial charge is 0.231 e. The first kappa shape index (κ1) is 27.9. The molecule has 7 heteroatoms. The fourth-order valence-electron chi connectivity index (χ4n) is 6.91. The van der Waals surface area contributed by atoms with Gasteiger partial charge in [-0.2, -0.15) is 0 Å². The molecule has 39 heavy (non-hydrogen) atoms. The van der Waals surface area contributed by atoms with Gasteiger partial charge in [0.2, 0.25) is 5.91 Å². The van der Waals surface area contributed by atoms with Crippen LogP contribution in [0.2, 0.25) is 5.02 Å². The van der Waals surface area contributed by atoms with Crippen molar-refractivity contribution >= 4 is 23.3 Å². The molecule has 2 unspecified atom stereocenters. The first-order valence-electron chi connectivity index (χ1n) is 13.7. The number of hydrogen-bond acceptors (Lipinski definition) is 3. The molecule has 1 aliphatic carbocycles. The van der Waals surface area contributed by atoms with Gasteiger partial charge in [0.15, 0.2) is 5.78 Å². The molecule has 0 bridgehead atoms. The lowest BCUT2D eigenvalue weighted by atomic mass is 9.89. The maximum atomic E-state index is 14.3. The number of amides is 1. The lowest BCUT2D eigenvalue weighted by Gasteiger charge is -2.44. The quantitative estimate of drug-likeness (QED) is 0.404. The third kappa shape index (κ3) is 5.39. The Labute approximate surface area is 246 Å². The van der Waals surface area contributed by atoms with E-state index in [1.165, 1.54) is 29.5 Å². The number of nitrogens with zero attached hydrogens (tertiary/aromatic N) is 2. The van der Waals surface area contributed by atoms with E-state index in [0.29, 0.717) is 17.1 Å². The van der Waals surface area contributed by atoms with E-state index in [9.17, 15) is 9.59 Å². The van der Waals surface area contributed by atoms with Crippen molar-refractivity contribution in [2.75, 3.05) is 33.3 Å². The molecule has 3 aromatic carbocycles.